The number of fused-ring (bicyclic) bond motifs is 1. The van der Waals surface area contributed by atoms with Crippen molar-refractivity contribution in [2.75, 3.05) is 13.1 Å². The highest BCUT2D eigenvalue weighted by Crippen LogP contribution is 2.39. The van der Waals surface area contributed by atoms with E-state index in [1.165, 1.54) is 11.3 Å². The van der Waals surface area contributed by atoms with Gasteiger partial charge in [0.25, 0.3) is 5.91 Å². The van der Waals surface area contributed by atoms with Gasteiger partial charge >= 0.3 is 6.09 Å². The fourth-order valence-electron chi connectivity index (χ4n) is 4.72. The Morgan fingerprint density at radius 2 is 1.83 bits per heavy atom. The van der Waals surface area contributed by atoms with Crippen molar-refractivity contribution in [1.29, 1.82) is 0 Å². The van der Waals surface area contributed by atoms with Crippen molar-refractivity contribution in [2.24, 2.45) is 5.73 Å². The van der Waals surface area contributed by atoms with Gasteiger partial charge in [0.2, 0.25) is 0 Å². The monoisotopic (exact) mass is 596 g/mol. The van der Waals surface area contributed by atoms with Crippen molar-refractivity contribution in [2.45, 2.75) is 58.3 Å². The number of halogens is 1. The molecule has 4 aromatic rings. The minimum absolute atomic E-state index is 0.0939. The molecule has 0 bridgehead atoms. The maximum Gasteiger partial charge on any atom is 0.410 e. The number of amides is 2. The van der Waals surface area contributed by atoms with Crippen LogP contribution in [0.25, 0.3) is 16.0 Å². The fourth-order valence-corrected chi connectivity index (χ4v) is 5.98. The van der Waals surface area contributed by atoms with Gasteiger partial charge < -0.3 is 24.8 Å². The highest BCUT2D eigenvalue weighted by atomic mass is 35.5. The average molecular weight is 597 g/mol. The van der Waals surface area contributed by atoms with Crippen molar-refractivity contribution in [3.63, 3.8) is 0 Å². The molecule has 1 saturated heterocycles. The first kappa shape index (κ1) is 28.8. The average Bonchev–Trinajstić information content (AvgIpc) is 3.53. The third kappa shape index (κ3) is 6.44. The molecule has 0 aliphatic carbocycles. The van der Waals surface area contributed by atoms with Crippen LogP contribution in [0, 0.1) is 0 Å². The van der Waals surface area contributed by atoms with Gasteiger partial charge in [-0.1, -0.05) is 35.9 Å². The van der Waals surface area contributed by atoms with E-state index < -0.39 is 17.6 Å². The highest BCUT2D eigenvalue weighted by molar-refractivity contribution is 7.16. The first-order valence-corrected chi connectivity index (χ1v) is 14.7. The van der Waals surface area contributed by atoms with Gasteiger partial charge in [0, 0.05) is 37.6 Å². The summed E-state index contributed by atoms with van der Waals surface area (Å²) in [5.41, 5.74) is 7.65. The molecular weight excluding hydrogens is 564 g/mol. The van der Waals surface area contributed by atoms with Crippen molar-refractivity contribution < 1.29 is 23.8 Å². The Morgan fingerprint density at radius 1 is 1.10 bits per heavy atom. The van der Waals surface area contributed by atoms with Gasteiger partial charge in [0.1, 0.15) is 45.5 Å². The molecule has 2 N–H and O–H groups in total. The van der Waals surface area contributed by atoms with Gasteiger partial charge in [-0.2, -0.15) is 0 Å². The lowest BCUT2D eigenvalue weighted by Crippen LogP contribution is -2.44. The molecule has 0 radical (unpaired) electrons. The lowest BCUT2D eigenvalue weighted by molar-refractivity contribution is 0.0126. The predicted molar refractivity (Wildman–Crippen MR) is 159 cm³/mol. The summed E-state index contributed by atoms with van der Waals surface area (Å²) >= 11 is 8.05. The van der Waals surface area contributed by atoms with Crippen LogP contribution in [0.2, 0.25) is 5.02 Å². The molecule has 2 amide bonds. The second-order valence-corrected chi connectivity index (χ2v) is 12.4. The molecule has 2 aromatic heterocycles. The number of nitrogens with zero attached hydrogens (tertiary/aromatic N) is 3. The number of carbonyl (C=O) groups excluding carboxylic acids is 2. The largest absolute Gasteiger partial charge is 0.489 e. The van der Waals surface area contributed by atoms with E-state index in [1.54, 1.807) is 17.3 Å². The van der Waals surface area contributed by atoms with Crippen LogP contribution in [-0.2, 0) is 4.74 Å². The Labute approximate surface area is 247 Å². The number of benzene rings is 2. The lowest BCUT2D eigenvalue weighted by atomic mass is 10.1. The number of ether oxygens (including phenoxy) is 3. The predicted octanol–water partition coefficient (Wildman–Crippen LogP) is 6.76. The number of aromatic nitrogens is 2. The number of para-hydroxylation sites is 2. The number of likely N-dealkylation sites (tertiary alicyclic amines) is 1. The van der Waals surface area contributed by atoms with E-state index in [4.69, 9.17) is 31.5 Å². The van der Waals surface area contributed by atoms with E-state index in [2.05, 4.69) is 4.98 Å². The van der Waals surface area contributed by atoms with E-state index >= 15 is 0 Å². The summed E-state index contributed by atoms with van der Waals surface area (Å²) in [7, 11) is 0. The third-order valence-corrected chi connectivity index (χ3v) is 8.26. The normalized spacial score (nSPS) is 15.1. The Kier molecular flexibility index (Phi) is 8.15. The summed E-state index contributed by atoms with van der Waals surface area (Å²) in [5, 5.41) is 1.20. The highest BCUT2D eigenvalue weighted by Gasteiger charge is 2.29. The molecule has 0 saturated carbocycles. The Balaban J connectivity index is 1.29. The summed E-state index contributed by atoms with van der Waals surface area (Å²) < 4.78 is 19.9. The van der Waals surface area contributed by atoms with Crippen LogP contribution < -0.4 is 15.2 Å². The zero-order chi connectivity index (χ0) is 29.3. The first-order chi connectivity index (χ1) is 19.5. The van der Waals surface area contributed by atoms with Crippen LogP contribution in [0.1, 0.15) is 61.9 Å². The van der Waals surface area contributed by atoms with Crippen molar-refractivity contribution in [1.82, 2.24) is 14.5 Å². The smallest absolute Gasteiger partial charge is 0.410 e. The summed E-state index contributed by atoms with van der Waals surface area (Å²) in [4.78, 5) is 31.2. The van der Waals surface area contributed by atoms with Crippen molar-refractivity contribution >= 4 is 46.0 Å². The topological polar surface area (TPSA) is 109 Å². The molecule has 9 nitrogen and oxygen atoms in total. The van der Waals surface area contributed by atoms with E-state index in [1.807, 2.05) is 74.7 Å². The number of nitrogens with two attached hydrogens (primary N) is 1. The van der Waals surface area contributed by atoms with Crippen molar-refractivity contribution in [3.8, 4) is 16.5 Å². The molecule has 11 heteroatoms. The lowest BCUT2D eigenvalue weighted by Gasteiger charge is -2.33. The van der Waals surface area contributed by atoms with E-state index in [0.717, 1.165) is 16.0 Å². The van der Waals surface area contributed by atoms with Gasteiger partial charge in [-0.25, -0.2) is 9.78 Å². The fraction of sp³-hybridized carbons (Fsp3) is 0.367. The van der Waals surface area contributed by atoms with Crippen LogP contribution >= 0.6 is 22.9 Å². The van der Waals surface area contributed by atoms with Gasteiger partial charge in [-0.05, 0) is 45.9 Å². The number of imidazole rings is 1. The third-order valence-electron chi connectivity index (χ3n) is 6.72. The molecule has 3 heterocycles. The van der Waals surface area contributed by atoms with Gasteiger partial charge in [-0.15, -0.1) is 11.3 Å². The minimum atomic E-state index is -0.575. The van der Waals surface area contributed by atoms with Gasteiger partial charge in [-0.3, -0.25) is 9.36 Å². The maximum absolute atomic E-state index is 12.4. The Bertz CT molecular complexity index is 1570. The quantitative estimate of drug-likeness (QED) is 0.252. The standard InChI is InChI=1S/C30H33ClN4O5S/c1-18(38-24-16-25(41-27(24)28(32)36)35-17-33-21-9-5-6-10-22(21)35)20-8-7-11-23(26(20)31)39-19-12-14-34(15-13-19)29(37)40-30(2,3)4/h5-11,16-19H,12-15H2,1-4H3,(H2,32,36)/t18-/m1/s1. The second kappa shape index (κ2) is 11.6. The molecule has 1 aliphatic rings. The summed E-state index contributed by atoms with van der Waals surface area (Å²) in [5.74, 6) is 0.342. The molecular formula is C30H33ClN4O5S. The molecule has 5 rings (SSSR count). The first-order valence-electron chi connectivity index (χ1n) is 13.5. The SMILES string of the molecule is C[C@@H](Oc1cc(-n2cnc3ccccc32)sc1C(N)=O)c1cccc(OC2CCN(C(=O)OC(C)(C)C)CC2)c1Cl. The summed E-state index contributed by atoms with van der Waals surface area (Å²) in [6.07, 6.45) is 2.13. The molecule has 0 unspecified atom stereocenters. The maximum atomic E-state index is 12.4. The van der Waals surface area contributed by atoms with E-state index in [9.17, 15) is 9.59 Å². The number of primary amides is 1. The number of hydrogen-bond donors (Lipinski definition) is 1. The number of hydrogen-bond acceptors (Lipinski definition) is 7. The molecule has 41 heavy (non-hydrogen) atoms. The van der Waals surface area contributed by atoms with Crippen LogP contribution in [0.5, 0.6) is 11.5 Å². The Morgan fingerprint density at radius 3 is 2.54 bits per heavy atom. The number of piperidine rings is 1. The van der Waals surface area contributed by atoms with Crippen LogP contribution in [0.15, 0.2) is 54.9 Å². The minimum Gasteiger partial charge on any atom is -0.489 e. The summed E-state index contributed by atoms with van der Waals surface area (Å²) in [6, 6.07) is 15.1. The number of carbonyl (C=O) groups is 2. The van der Waals surface area contributed by atoms with Crippen LogP contribution in [0.4, 0.5) is 4.79 Å². The molecule has 1 aliphatic heterocycles. The molecule has 1 atom stereocenters. The van der Waals surface area contributed by atoms with Crippen molar-refractivity contribution in [3.05, 3.63) is 70.3 Å². The summed E-state index contributed by atoms with van der Waals surface area (Å²) in [6.45, 7) is 8.51. The van der Waals surface area contributed by atoms with Gasteiger partial charge in [0.05, 0.1) is 16.1 Å². The molecule has 1 fully saturated rings. The molecule has 216 valence electrons. The zero-order valence-electron chi connectivity index (χ0n) is 23.4. The number of thiophene rings is 1. The second-order valence-electron chi connectivity index (χ2n) is 10.9. The van der Waals surface area contributed by atoms with Crippen LogP contribution in [0.3, 0.4) is 0 Å². The van der Waals surface area contributed by atoms with E-state index in [0.29, 0.717) is 52.9 Å². The zero-order valence-corrected chi connectivity index (χ0v) is 25.0. The molecule has 0 spiro atoms. The van der Waals surface area contributed by atoms with Gasteiger partial charge in [0.15, 0.2) is 0 Å². The van der Waals surface area contributed by atoms with Crippen LogP contribution in [-0.4, -0.2) is 51.2 Å². The van der Waals surface area contributed by atoms with E-state index in [-0.39, 0.29) is 12.2 Å². The number of rotatable bonds is 7. The Hall–Kier alpha value is -3.76. The molecule has 2 aromatic carbocycles.